The Balaban J connectivity index is 4.53. The molecule has 0 fully saturated rings. The van der Waals surface area contributed by atoms with E-state index in [0.717, 1.165) is 38.6 Å². The van der Waals surface area contributed by atoms with Gasteiger partial charge in [0.25, 0.3) is 0 Å². The number of hydrogen-bond donors (Lipinski definition) is 1. The highest BCUT2D eigenvalue weighted by atomic mass is 16.5. The molecule has 0 aliphatic rings. The lowest BCUT2D eigenvalue weighted by molar-refractivity contribution is -0.146. The highest BCUT2D eigenvalue weighted by Crippen LogP contribution is 2.22. The van der Waals surface area contributed by atoms with Crippen LogP contribution in [0.4, 0.5) is 0 Å². The first-order valence-electron chi connectivity index (χ1n) is 29.0. The maximum Gasteiger partial charge on any atom is 0.305 e. The molecule has 1 N–H and O–H groups in total. The van der Waals surface area contributed by atoms with Crippen LogP contribution in [0.3, 0.4) is 0 Å². The van der Waals surface area contributed by atoms with Crippen molar-refractivity contribution in [2.45, 2.75) is 330 Å². The number of hydrogen-bond acceptors (Lipinski definition) is 5. The zero-order chi connectivity index (χ0) is 45.9. The second kappa shape index (κ2) is 51.9. The standard InChI is InChI=1S/C58H115NO4/c1-6-11-16-21-24-25-26-31-38-47-56(48-40-41-50-58(61)63-53-55(44-35-20-15-10-5)46-37-30-23-18-13-8-3)59-51-42-33-28-27-32-39-49-57(60)62-52-54(43-34-19-14-9-4)45-36-29-22-17-12-7-2/h54-56,59H,6-53H2,1-5H3. The third-order valence-corrected chi connectivity index (χ3v) is 13.9. The highest BCUT2D eigenvalue weighted by molar-refractivity contribution is 5.69. The summed E-state index contributed by atoms with van der Waals surface area (Å²) in [5, 5.41) is 3.94. The molecule has 3 atom stereocenters. The van der Waals surface area contributed by atoms with Crippen LogP contribution >= 0.6 is 0 Å². The molecule has 0 aromatic heterocycles. The molecule has 0 saturated carbocycles. The predicted octanol–water partition coefficient (Wildman–Crippen LogP) is 18.9. The van der Waals surface area contributed by atoms with Crippen molar-refractivity contribution in [2.24, 2.45) is 11.8 Å². The summed E-state index contributed by atoms with van der Waals surface area (Å²) in [4.78, 5) is 25.5. The number of rotatable bonds is 53. The van der Waals surface area contributed by atoms with E-state index < -0.39 is 0 Å². The van der Waals surface area contributed by atoms with Gasteiger partial charge in [0.2, 0.25) is 0 Å². The predicted molar refractivity (Wildman–Crippen MR) is 277 cm³/mol. The van der Waals surface area contributed by atoms with Crippen LogP contribution < -0.4 is 5.32 Å². The Kier molecular flexibility index (Phi) is 51.0. The molecule has 0 spiro atoms. The average molecular weight is 891 g/mol. The molecule has 0 radical (unpaired) electrons. The molecule has 0 amide bonds. The number of ether oxygens (including phenoxy) is 2. The minimum absolute atomic E-state index is 0.0243. The lowest BCUT2D eigenvalue weighted by Crippen LogP contribution is -2.30. The van der Waals surface area contributed by atoms with Gasteiger partial charge >= 0.3 is 11.9 Å². The maximum atomic E-state index is 12.8. The van der Waals surface area contributed by atoms with Crippen LogP contribution in [0, 0.1) is 11.8 Å². The topological polar surface area (TPSA) is 64.6 Å². The van der Waals surface area contributed by atoms with E-state index >= 15 is 0 Å². The van der Waals surface area contributed by atoms with Crippen molar-refractivity contribution in [3.05, 3.63) is 0 Å². The Hall–Kier alpha value is -1.10. The second-order valence-corrected chi connectivity index (χ2v) is 20.3. The number of unbranched alkanes of at least 4 members (excludes halogenated alkanes) is 30. The Bertz CT molecular complexity index is 909. The molecule has 0 aromatic rings. The lowest BCUT2D eigenvalue weighted by atomic mass is 9.95. The maximum absolute atomic E-state index is 12.8. The molecule has 0 rings (SSSR count). The summed E-state index contributed by atoms with van der Waals surface area (Å²) >= 11 is 0. The molecule has 0 aliphatic heterocycles. The molecule has 5 nitrogen and oxygen atoms in total. The molecule has 376 valence electrons. The number of nitrogens with one attached hydrogen (secondary N) is 1. The van der Waals surface area contributed by atoms with Crippen LogP contribution in [0.5, 0.6) is 0 Å². The molecule has 0 aromatic carbocycles. The average Bonchev–Trinajstić information content (AvgIpc) is 3.29. The smallest absolute Gasteiger partial charge is 0.305 e. The van der Waals surface area contributed by atoms with Gasteiger partial charge < -0.3 is 14.8 Å². The molecule has 0 saturated heterocycles. The molecular weight excluding hydrogens is 775 g/mol. The van der Waals surface area contributed by atoms with Gasteiger partial charge in [-0.15, -0.1) is 0 Å². The van der Waals surface area contributed by atoms with E-state index in [0.29, 0.717) is 43.9 Å². The molecule has 0 aliphatic carbocycles. The fourth-order valence-corrected chi connectivity index (χ4v) is 9.45. The van der Waals surface area contributed by atoms with E-state index in [-0.39, 0.29) is 11.9 Å². The summed E-state index contributed by atoms with van der Waals surface area (Å²) in [7, 11) is 0. The van der Waals surface area contributed by atoms with Gasteiger partial charge in [-0.05, 0) is 76.2 Å². The molecule has 63 heavy (non-hydrogen) atoms. The van der Waals surface area contributed by atoms with Crippen LogP contribution in [-0.2, 0) is 19.1 Å². The monoisotopic (exact) mass is 890 g/mol. The van der Waals surface area contributed by atoms with Crippen LogP contribution in [0.25, 0.3) is 0 Å². The summed E-state index contributed by atoms with van der Waals surface area (Å²) in [5.74, 6) is 1.14. The van der Waals surface area contributed by atoms with Crippen LogP contribution in [0.1, 0.15) is 324 Å². The quantitative estimate of drug-likeness (QED) is 0.0487. The van der Waals surface area contributed by atoms with Gasteiger partial charge in [0, 0.05) is 18.9 Å². The van der Waals surface area contributed by atoms with Crippen molar-refractivity contribution < 1.29 is 19.1 Å². The fourth-order valence-electron chi connectivity index (χ4n) is 9.45. The van der Waals surface area contributed by atoms with Crippen molar-refractivity contribution >= 4 is 11.9 Å². The first-order chi connectivity index (χ1) is 31.0. The Morgan fingerprint density at radius 3 is 0.937 bits per heavy atom. The van der Waals surface area contributed by atoms with Crippen LogP contribution in [-0.4, -0.2) is 37.7 Å². The normalized spacial score (nSPS) is 13.0. The van der Waals surface area contributed by atoms with Gasteiger partial charge in [-0.2, -0.15) is 0 Å². The zero-order valence-corrected chi connectivity index (χ0v) is 43.8. The van der Waals surface area contributed by atoms with Gasteiger partial charge in [-0.25, -0.2) is 0 Å². The van der Waals surface area contributed by atoms with Gasteiger partial charge in [0.05, 0.1) is 13.2 Å². The minimum atomic E-state index is 0.0243. The summed E-state index contributed by atoms with van der Waals surface area (Å²) in [6, 6.07) is 0.558. The molecule has 5 heteroatoms. The Labute approximate surface area is 396 Å². The van der Waals surface area contributed by atoms with Gasteiger partial charge in [0.15, 0.2) is 0 Å². The molecule has 3 unspecified atom stereocenters. The highest BCUT2D eigenvalue weighted by Gasteiger charge is 2.15. The molecular formula is C58H115NO4. The van der Waals surface area contributed by atoms with Gasteiger partial charge in [-0.1, -0.05) is 253 Å². The summed E-state index contributed by atoms with van der Waals surface area (Å²) in [5.41, 5.74) is 0. The van der Waals surface area contributed by atoms with Crippen LogP contribution in [0.2, 0.25) is 0 Å². The van der Waals surface area contributed by atoms with Crippen molar-refractivity contribution in [2.75, 3.05) is 19.8 Å². The summed E-state index contributed by atoms with van der Waals surface area (Å²) in [6.45, 7) is 13.8. The minimum Gasteiger partial charge on any atom is -0.465 e. The summed E-state index contributed by atoms with van der Waals surface area (Å²) in [6.07, 6.45) is 56.2. The first kappa shape index (κ1) is 61.9. The third-order valence-electron chi connectivity index (χ3n) is 13.9. The van der Waals surface area contributed by atoms with E-state index in [9.17, 15) is 9.59 Å². The lowest BCUT2D eigenvalue weighted by Gasteiger charge is -2.19. The Morgan fingerprint density at radius 1 is 0.317 bits per heavy atom. The van der Waals surface area contributed by atoms with Crippen molar-refractivity contribution in [3.63, 3.8) is 0 Å². The third kappa shape index (κ3) is 47.2. The van der Waals surface area contributed by atoms with E-state index in [4.69, 9.17) is 9.47 Å². The van der Waals surface area contributed by atoms with E-state index in [1.807, 2.05) is 0 Å². The zero-order valence-electron chi connectivity index (χ0n) is 43.8. The second-order valence-electron chi connectivity index (χ2n) is 20.3. The number of esters is 2. The van der Waals surface area contributed by atoms with Crippen LogP contribution in [0.15, 0.2) is 0 Å². The number of carbonyl (C=O) groups excluding carboxylic acids is 2. The first-order valence-corrected chi connectivity index (χ1v) is 29.0. The number of carbonyl (C=O) groups is 2. The largest absolute Gasteiger partial charge is 0.465 e. The van der Waals surface area contributed by atoms with E-state index in [1.54, 1.807) is 0 Å². The molecule has 0 heterocycles. The van der Waals surface area contributed by atoms with E-state index in [1.165, 1.54) is 244 Å². The molecule has 0 bridgehead atoms. The fraction of sp³-hybridized carbons (Fsp3) is 0.966. The van der Waals surface area contributed by atoms with Gasteiger partial charge in [-0.3, -0.25) is 9.59 Å². The van der Waals surface area contributed by atoms with E-state index in [2.05, 4.69) is 39.9 Å². The Morgan fingerprint density at radius 2 is 0.571 bits per heavy atom. The van der Waals surface area contributed by atoms with Crippen molar-refractivity contribution in [1.29, 1.82) is 0 Å². The summed E-state index contributed by atoms with van der Waals surface area (Å²) < 4.78 is 11.8. The van der Waals surface area contributed by atoms with Crippen molar-refractivity contribution in [1.82, 2.24) is 5.32 Å². The van der Waals surface area contributed by atoms with Crippen molar-refractivity contribution in [3.8, 4) is 0 Å². The SMILES string of the molecule is CCCCCCCCCCCC(CCCCC(=O)OCC(CCCCCC)CCCCCCCC)NCCCCCCCCC(=O)OCC(CCCCCC)CCCCCCCC. The van der Waals surface area contributed by atoms with Gasteiger partial charge in [0.1, 0.15) is 0 Å².